The molecule has 0 aromatic carbocycles. The molecule has 7 heteroatoms. The van der Waals surface area contributed by atoms with Gasteiger partial charge < -0.3 is 10.4 Å². The van der Waals surface area contributed by atoms with Crippen LogP contribution >= 0.6 is 11.5 Å². The average Bonchev–Trinajstić information content (AvgIpc) is 2.95. The summed E-state index contributed by atoms with van der Waals surface area (Å²) in [5, 5.41) is 16.0. The Morgan fingerprint density at radius 3 is 2.65 bits per heavy atom. The lowest BCUT2D eigenvalue weighted by molar-refractivity contribution is -0.142. The number of aromatic nitrogens is 2. The van der Waals surface area contributed by atoms with Gasteiger partial charge in [-0.2, -0.15) is 0 Å². The number of carbonyl (C=O) groups is 2. The molecule has 2 rings (SSSR count). The molecule has 1 aliphatic rings. The van der Waals surface area contributed by atoms with Crippen LogP contribution in [0.15, 0.2) is 0 Å². The fourth-order valence-corrected chi connectivity index (χ4v) is 3.27. The van der Waals surface area contributed by atoms with Crippen molar-refractivity contribution >= 4 is 23.4 Å². The van der Waals surface area contributed by atoms with E-state index in [2.05, 4.69) is 14.9 Å². The fraction of sp³-hybridized carbons (Fsp3) is 0.692. The first-order valence-electron chi connectivity index (χ1n) is 6.67. The van der Waals surface area contributed by atoms with Gasteiger partial charge in [0.15, 0.2) is 0 Å². The second-order valence-corrected chi connectivity index (χ2v) is 6.91. The highest BCUT2D eigenvalue weighted by atomic mass is 32.1. The summed E-state index contributed by atoms with van der Waals surface area (Å²) in [4.78, 5) is 23.9. The van der Waals surface area contributed by atoms with E-state index in [9.17, 15) is 9.59 Å². The number of carbonyl (C=O) groups excluding carboxylic acids is 1. The smallest absolute Gasteiger partial charge is 0.308 e. The maximum absolute atomic E-state index is 12.3. The van der Waals surface area contributed by atoms with Crippen molar-refractivity contribution in [2.24, 2.45) is 5.92 Å². The largest absolute Gasteiger partial charge is 0.481 e. The molecular weight excluding hydrogens is 278 g/mol. The first kappa shape index (κ1) is 14.9. The van der Waals surface area contributed by atoms with Crippen LogP contribution in [0.4, 0.5) is 0 Å². The van der Waals surface area contributed by atoms with Crippen molar-refractivity contribution in [3.63, 3.8) is 0 Å². The molecule has 0 saturated heterocycles. The van der Waals surface area contributed by atoms with Crippen LogP contribution in [0.2, 0.25) is 0 Å². The third kappa shape index (κ3) is 2.98. The Balaban J connectivity index is 2.13. The van der Waals surface area contributed by atoms with Gasteiger partial charge in [0.05, 0.1) is 11.6 Å². The minimum Gasteiger partial charge on any atom is -0.481 e. The molecule has 6 nitrogen and oxygen atoms in total. The van der Waals surface area contributed by atoms with Crippen molar-refractivity contribution in [2.75, 3.05) is 0 Å². The number of hydrogen-bond donors (Lipinski definition) is 2. The van der Waals surface area contributed by atoms with Gasteiger partial charge in [0.1, 0.15) is 4.88 Å². The molecule has 2 unspecified atom stereocenters. The number of carboxylic acid groups (broad SMARTS) is 1. The van der Waals surface area contributed by atoms with Crippen LogP contribution in [-0.4, -0.2) is 32.6 Å². The predicted octanol–water partition coefficient (Wildman–Crippen LogP) is 1.82. The summed E-state index contributed by atoms with van der Waals surface area (Å²) in [6, 6.07) is -0.296. The monoisotopic (exact) mass is 297 g/mol. The fourth-order valence-electron chi connectivity index (χ4n) is 2.49. The average molecular weight is 297 g/mol. The molecule has 1 fully saturated rings. The number of nitrogens with one attached hydrogen (secondary N) is 1. The van der Waals surface area contributed by atoms with E-state index in [1.54, 1.807) is 0 Å². The van der Waals surface area contributed by atoms with Crippen molar-refractivity contribution in [2.45, 2.75) is 51.5 Å². The highest BCUT2D eigenvalue weighted by Crippen LogP contribution is 2.28. The molecule has 2 atom stereocenters. The van der Waals surface area contributed by atoms with Gasteiger partial charge in [-0.05, 0) is 24.4 Å². The molecule has 1 aliphatic carbocycles. The van der Waals surface area contributed by atoms with E-state index >= 15 is 0 Å². The van der Waals surface area contributed by atoms with Crippen molar-refractivity contribution < 1.29 is 14.7 Å². The zero-order valence-electron chi connectivity index (χ0n) is 11.8. The van der Waals surface area contributed by atoms with Crippen LogP contribution in [-0.2, 0) is 10.2 Å². The molecule has 0 radical (unpaired) electrons. The van der Waals surface area contributed by atoms with Crippen LogP contribution in [0.25, 0.3) is 0 Å². The van der Waals surface area contributed by atoms with Crippen LogP contribution in [0, 0.1) is 5.92 Å². The standard InChI is InChI=1S/C13H19N3O3S/c1-13(2,3)10-9(20-16-15-10)11(17)14-8-6-4-5-7(8)12(18)19/h7-8H,4-6H2,1-3H3,(H,14,17)(H,18,19). The Morgan fingerprint density at radius 2 is 2.05 bits per heavy atom. The summed E-state index contributed by atoms with van der Waals surface area (Å²) < 4.78 is 3.85. The normalized spacial score (nSPS) is 22.8. The molecule has 1 heterocycles. The zero-order chi connectivity index (χ0) is 14.9. The van der Waals surface area contributed by atoms with Crippen LogP contribution in [0.3, 0.4) is 0 Å². The number of carboxylic acids is 1. The van der Waals surface area contributed by atoms with Gasteiger partial charge in [-0.3, -0.25) is 9.59 Å². The van der Waals surface area contributed by atoms with Gasteiger partial charge in [0, 0.05) is 11.5 Å². The third-order valence-corrected chi connectivity index (χ3v) is 4.28. The Hall–Kier alpha value is -1.50. The van der Waals surface area contributed by atoms with Crippen LogP contribution in [0.1, 0.15) is 55.4 Å². The van der Waals surface area contributed by atoms with Crippen LogP contribution in [0.5, 0.6) is 0 Å². The van der Waals surface area contributed by atoms with Crippen molar-refractivity contribution in [1.29, 1.82) is 0 Å². The Kier molecular flexibility index (Phi) is 4.08. The number of nitrogens with zero attached hydrogens (tertiary/aromatic N) is 2. The van der Waals surface area contributed by atoms with Gasteiger partial charge >= 0.3 is 5.97 Å². The lowest BCUT2D eigenvalue weighted by Gasteiger charge is -2.19. The molecule has 1 amide bonds. The van der Waals surface area contributed by atoms with Crippen molar-refractivity contribution in [3.05, 3.63) is 10.6 Å². The summed E-state index contributed by atoms with van der Waals surface area (Å²) >= 11 is 1.06. The molecule has 1 aromatic heterocycles. The number of aliphatic carboxylic acids is 1. The van der Waals surface area contributed by atoms with E-state index in [1.165, 1.54) is 0 Å². The maximum Gasteiger partial charge on any atom is 0.308 e. The van der Waals surface area contributed by atoms with E-state index in [0.717, 1.165) is 18.0 Å². The van der Waals surface area contributed by atoms with Gasteiger partial charge in [-0.15, -0.1) is 5.10 Å². The highest BCUT2D eigenvalue weighted by molar-refractivity contribution is 7.08. The molecule has 0 aliphatic heterocycles. The first-order chi connectivity index (χ1) is 9.30. The van der Waals surface area contributed by atoms with Crippen molar-refractivity contribution in [1.82, 2.24) is 14.9 Å². The summed E-state index contributed by atoms with van der Waals surface area (Å²) in [6.07, 6.45) is 2.15. The highest BCUT2D eigenvalue weighted by Gasteiger charge is 2.35. The number of hydrogen-bond acceptors (Lipinski definition) is 5. The summed E-state index contributed by atoms with van der Waals surface area (Å²) in [5.74, 6) is -1.59. The zero-order valence-corrected chi connectivity index (χ0v) is 12.7. The quantitative estimate of drug-likeness (QED) is 0.887. The SMILES string of the molecule is CC(C)(C)c1nnsc1C(=O)NC1CCCC1C(=O)O. The van der Waals surface area contributed by atoms with E-state index < -0.39 is 11.9 Å². The predicted molar refractivity (Wildman–Crippen MR) is 74.8 cm³/mol. The van der Waals surface area contributed by atoms with Gasteiger partial charge in [-0.1, -0.05) is 31.7 Å². The number of amides is 1. The molecule has 2 N–H and O–H groups in total. The van der Waals surface area contributed by atoms with E-state index in [4.69, 9.17) is 5.11 Å². The van der Waals surface area contributed by atoms with E-state index in [0.29, 0.717) is 23.4 Å². The van der Waals surface area contributed by atoms with Gasteiger partial charge in [0.2, 0.25) is 0 Å². The maximum atomic E-state index is 12.3. The van der Waals surface area contributed by atoms with Crippen molar-refractivity contribution in [3.8, 4) is 0 Å². The Labute approximate surface area is 121 Å². The summed E-state index contributed by atoms with van der Waals surface area (Å²) in [7, 11) is 0. The molecule has 1 saturated carbocycles. The second kappa shape index (κ2) is 5.47. The Bertz CT molecular complexity index is 521. The first-order valence-corrected chi connectivity index (χ1v) is 7.44. The third-order valence-electron chi connectivity index (χ3n) is 3.55. The molecule has 0 spiro atoms. The van der Waals surface area contributed by atoms with E-state index in [-0.39, 0.29) is 17.4 Å². The lowest BCUT2D eigenvalue weighted by Crippen LogP contribution is -2.40. The van der Waals surface area contributed by atoms with Gasteiger partial charge in [0.25, 0.3) is 5.91 Å². The topological polar surface area (TPSA) is 92.2 Å². The van der Waals surface area contributed by atoms with E-state index in [1.807, 2.05) is 20.8 Å². The number of rotatable bonds is 3. The van der Waals surface area contributed by atoms with Crippen LogP contribution < -0.4 is 5.32 Å². The minimum atomic E-state index is -0.841. The minimum absolute atomic E-state index is 0.261. The second-order valence-electron chi connectivity index (χ2n) is 6.16. The lowest BCUT2D eigenvalue weighted by atomic mass is 9.91. The Morgan fingerprint density at radius 1 is 1.35 bits per heavy atom. The summed E-state index contributed by atoms with van der Waals surface area (Å²) in [6.45, 7) is 5.91. The molecular formula is C13H19N3O3S. The molecule has 1 aromatic rings. The molecule has 110 valence electrons. The van der Waals surface area contributed by atoms with Gasteiger partial charge in [-0.25, -0.2) is 0 Å². The summed E-state index contributed by atoms with van der Waals surface area (Å²) in [5.41, 5.74) is 0.395. The molecule has 0 bridgehead atoms. The molecule has 20 heavy (non-hydrogen) atoms.